The van der Waals surface area contributed by atoms with E-state index in [4.69, 9.17) is 0 Å². The smallest absolute Gasteiger partial charge is 0.228 e. The predicted molar refractivity (Wildman–Crippen MR) is 74.6 cm³/mol. The van der Waals surface area contributed by atoms with E-state index in [9.17, 15) is 9.90 Å². The number of hydrogen-bond acceptors (Lipinski definition) is 2. The van der Waals surface area contributed by atoms with Gasteiger partial charge in [-0.25, -0.2) is 0 Å². The largest absolute Gasteiger partial charge is 0.508 e. The van der Waals surface area contributed by atoms with E-state index in [-0.39, 0.29) is 18.1 Å². The summed E-state index contributed by atoms with van der Waals surface area (Å²) in [4.78, 5) is 11.8. The topological polar surface area (TPSA) is 49.3 Å². The molecule has 0 saturated carbocycles. The number of phenolic OH excluding ortho intramolecular Hbond substituents is 1. The maximum Gasteiger partial charge on any atom is 0.228 e. The van der Waals surface area contributed by atoms with Crippen LogP contribution in [0.25, 0.3) is 0 Å². The standard InChI is InChI=1S/C14H12BrNO2/c15-13-7-2-1-4-10(13)8-14(18)16-11-5-3-6-12(17)9-11/h1-7,9,17H,8H2,(H,16,18). The minimum absolute atomic E-state index is 0.118. The number of rotatable bonds is 3. The second-order valence-electron chi connectivity index (χ2n) is 3.87. The molecule has 18 heavy (non-hydrogen) atoms. The lowest BCUT2D eigenvalue weighted by molar-refractivity contribution is -0.115. The molecular weight excluding hydrogens is 294 g/mol. The zero-order valence-corrected chi connectivity index (χ0v) is 11.1. The number of phenols is 1. The quantitative estimate of drug-likeness (QED) is 0.914. The highest BCUT2D eigenvalue weighted by molar-refractivity contribution is 9.10. The maximum atomic E-state index is 11.8. The Morgan fingerprint density at radius 3 is 2.67 bits per heavy atom. The van der Waals surface area contributed by atoms with Crippen LogP contribution < -0.4 is 5.32 Å². The van der Waals surface area contributed by atoms with Crippen LogP contribution in [-0.4, -0.2) is 11.0 Å². The third-order valence-corrected chi connectivity index (χ3v) is 3.21. The van der Waals surface area contributed by atoms with Crippen LogP contribution in [0.4, 0.5) is 5.69 Å². The number of aromatic hydroxyl groups is 1. The Morgan fingerprint density at radius 1 is 1.17 bits per heavy atom. The molecule has 4 heteroatoms. The van der Waals surface area contributed by atoms with Crippen molar-refractivity contribution < 1.29 is 9.90 Å². The van der Waals surface area contributed by atoms with E-state index in [2.05, 4.69) is 21.2 Å². The molecule has 2 rings (SSSR count). The van der Waals surface area contributed by atoms with E-state index in [1.807, 2.05) is 24.3 Å². The van der Waals surface area contributed by atoms with Gasteiger partial charge < -0.3 is 10.4 Å². The van der Waals surface area contributed by atoms with Gasteiger partial charge in [0.1, 0.15) is 5.75 Å². The Bertz CT molecular complexity index is 569. The van der Waals surface area contributed by atoms with E-state index < -0.39 is 0 Å². The van der Waals surface area contributed by atoms with Gasteiger partial charge in [-0.3, -0.25) is 4.79 Å². The third-order valence-electron chi connectivity index (χ3n) is 2.44. The average molecular weight is 306 g/mol. The van der Waals surface area contributed by atoms with Gasteiger partial charge in [0, 0.05) is 16.2 Å². The molecule has 2 aromatic rings. The van der Waals surface area contributed by atoms with Crippen molar-refractivity contribution in [3.05, 3.63) is 58.6 Å². The summed E-state index contributed by atoms with van der Waals surface area (Å²) in [5.74, 6) is 0.0150. The second-order valence-corrected chi connectivity index (χ2v) is 4.72. The van der Waals surface area contributed by atoms with Crippen LogP contribution in [0.15, 0.2) is 53.0 Å². The lowest BCUT2D eigenvalue weighted by atomic mass is 10.1. The van der Waals surface area contributed by atoms with Gasteiger partial charge in [-0.1, -0.05) is 40.2 Å². The Hall–Kier alpha value is -1.81. The zero-order chi connectivity index (χ0) is 13.0. The SMILES string of the molecule is O=C(Cc1ccccc1Br)Nc1cccc(O)c1. The molecule has 0 spiro atoms. The van der Waals surface area contributed by atoms with E-state index in [1.54, 1.807) is 18.2 Å². The van der Waals surface area contributed by atoms with E-state index >= 15 is 0 Å². The summed E-state index contributed by atoms with van der Waals surface area (Å²) >= 11 is 3.40. The Morgan fingerprint density at radius 2 is 1.94 bits per heavy atom. The summed E-state index contributed by atoms with van der Waals surface area (Å²) in [5.41, 5.74) is 1.52. The number of carbonyl (C=O) groups excluding carboxylic acids is 1. The van der Waals surface area contributed by atoms with Gasteiger partial charge in [0.05, 0.1) is 6.42 Å². The highest BCUT2D eigenvalue weighted by Gasteiger charge is 2.06. The summed E-state index contributed by atoms with van der Waals surface area (Å²) in [6.07, 6.45) is 0.289. The van der Waals surface area contributed by atoms with Crippen molar-refractivity contribution in [1.82, 2.24) is 0 Å². The van der Waals surface area contributed by atoms with Crippen LogP contribution in [0.5, 0.6) is 5.75 Å². The number of benzene rings is 2. The first-order valence-electron chi connectivity index (χ1n) is 5.47. The highest BCUT2D eigenvalue weighted by Crippen LogP contribution is 2.18. The van der Waals surface area contributed by atoms with Crippen LogP contribution in [-0.2, 0) is 11.2 Å². The molecule has 0 aliphatic carbocycles. The highest BCUT2D eigenvalue weighted by atomic mass is 79.9. The molecule has 0 aromatic heterocycles. The fourth-order valence-corrected chi connectivity index (χ4v) is 2.03. The summed E-state index contributed by atoms with van der Waals surface area (Å²) in [7, 11) is 0. The maximum absolute atomic E-state index is 11.8. The molecule has 0 atom stereocenters. The van der Waals surface area contributed by atoms with E-state index in [1.165, 1.54) is 6.07 Å². The van der Waals surface area contributed by atoms with Crippen LogP contribution >= 0.6 is 15.9 Å². The van der Waals surface area contributed by atoms with Crippen molar-refractivity contribution in [2.24, 2.45) is 0 Å². The number of carbonyl (C=O) groups is 1. The molecule has 0 unspecified atom stereocenters. The van der Waals surface area contributed by atoms with Crippen molar-refractivity contribution in [1.29, 1.82) is 0 Å². The van der Waals surface area contributed by atoms with Crippen LogP contribution in [0.2, 0.25) is 0 Å². The summed E-state index contributed by atoms with van der Waals surface area (Å²) in [6, 6.07) is 14.1. The molecule has 0 aliphatic rings. The molecule has 3 nitrogen and oxygen atoms in total. The minimum Gasteiger partial charge on any atom is -0.508 e. The fraction of sp³-hybridized carbons (Fsp3) is 0.0714. The Labute approximate surface area is 114 Å². The Kier molecular flexibility index (Phi) is 3.99. The van der Waals surface area contributed by atoms with Crippen molar-refractivity contribution in [2.75, 3.05) is 5.32 Å². The number of amides is 1. The molecule has 0 saturated heterocycles. The molecule has 0 bridgehead atoms. The van der Waals surface area contributed by atoms with Crippen LogP contribution in [0.3, 0.4) is 0 Å². The van der Waals surface area contributed by atoms with Gasteiger partial charge >= 0.3 is 0 Å². The number of nitrogens with one attached hydrogen (secondary N) is 1. The monoisotopic (exact) mass is 305 g/mol. The van der Waals surface area contributed by atoms with Gasteiger partial charge in [-0.2, -0.15) is 0 Å². The minimum atomic E-state index is -0.118. The molecule has 0 heterocycles. The number of hydrogen-bond donors (Lipinski definition) is 2. The molecule has 1 amide bonds. The van der Waals surface area contributed by atoms with Crippen LogP contribution in [0.1, 0.15) is 5.56 Å². The average Bonchev–Trinajstić information content (AvgIpc) is 2.32. The first kappa shape index (κ1) is 12.6. The molecule has 92 valence electrons. The molecule has 2 aromatic carbocycles. The molecule has 2 N–H and O–H groups in total. The first-order valence-corrected chi connectivity index (χ1v) is 6.27. The number of halogens is 1. The second kappa shape index (κ2) is 5.69. The molecule has 0 aliphatic heterocycles. The molecular formula is C14H12BrNO2. The lowest BCUT2D eigenvalue weighted by Crippen LogP contribution is -2.14. The van der Waals surface area contributed by atoms with E-state index in [0.29, 0.717) is 5.69 Å². The summed E-state index contributed by atoms with van der Waals surface area (Å²) < 4.78 is 0.913. The van der Waals surface area contributed by atoms with Crippen molar-refractivity contribution in [3.63, 3.8) is 0 Å². The number of anilines is 1. The normalized spacial score (nSPS) is 10.1. The summed E-state index contributed by atoms with van der Waals surface area (Å²) in [6.45, 7) is 0. The van der Waals surface area contributed by atoms with Crippen molar-refractivity contribution in [3.8, 4) is 5.75 Å². The van der Waals surface area contributed by atoms with E-state index in [0.717, 1.165) is 10.0 Å². The fourth-order valence-electron chi connectivity index (χ4n) is 1.60. The van der Waals surface area contributed by atoms with Gasteiger partial charge in [0.15, 0.2) is 0 Å². The zero-order valence-electron chi connectivity index (χ0n) is 9.56. The van der Waals surface area contributed by atoms with Crippen molar-refractivity contribution >= 4 is 27.5 Å². The van der Waals surface area contributed by atoms with Gasteiger partial charge in [0.25, 0.3) is 0 Å². The molecule has 0 fully saturated rings. The van der Waals surface area contributed by atoms with Crippen LogP contribution in [0, 0.1) is 0 Å². The first-order chi connectivity index (χ1) is 8.65. The Balaban J connectivity index is 2.03. The summed E-state index contributed by atoms with van der Waals surface area (Å²) in [5, 5.41) is 12.0. The predicted octanol–water partition coefficient (Wildman–Crippen LogP) is 3.34. The van der Waals surface area contributed by atoms with Gasteiger partial charge in [-0.05, 0) is 23.8 Å². The van der Waals surface area contributed by atoms with Gasteiger partial charge in [-0.15, -0.1) is 0 Å². The van der Waals surface area contributed by atoms with Crippen molar-refractivity contribution in [2.45, 2.75) is 6.42 Å². The van der Waals surface area contributed by atoms with Gasteiger partial charge in [0.2, 0.25) is 5.91 Å². The third kappa shape index (κ3) is 3.34. The molecule has 0 radical (unpaired) electrons. The lowest BCUT2D eigenvalue weighted by Gasteiger charge is -2.06.